The molecule has 1 saturated carbocycles. The minimum Gasteiger partial charge on any atom is -0.396 e. The van der Waals surface area contributed by atoms with Crippen molar-refractivity contribution in [2.24, 2.45) is 5.92 Å². The fourth-order valence-electron chi connectivity index (χ4n) is 1.59. The highest BCUT2D eigenvalue weighted by Gasteiger charge is 2.48. The van der Waals surface area contributed by atoms with Gasteiger partial charge in [-0.15, -0.1) is 0 Å². The van der Waals surface area contributed by atoms with Gasteiger partial charge in [-0.3, -0.25) is 0 Å². The lowest BCUT2D eigenvalue weighted by Crippen LogP contribution is -2.34. The quantitative estimate of drug-likeness (QED) is 0.382. The molecule has 0 spiro atoms. The van der Waals surface area contributed by atoms with E-state index in [2.05, 4.69) is 0 Å². The highest BCUT2D eigenvalue weighted by Crippen LogP contribution is 2.28. The summed E-state index contributed by atoms with van der Waals surface area (Å²) >= 11 is 0. The Hall–Kier alpha value is -0.200. The fourth-order valence-corrected chi connectivity index (χ4v) is 1.59. The number of aliphatic hydroxyl groups excluding tert-OH is 4. The Bertz CT molecular complexity index is 135. The normalized spacial score (nSPS) is 48.2. The maximum absolute atomic E-state index is 9.38. The average molecular weight is 178 g/mol. The maximum atomic E-state index is 9.38. The molecule has 0 saturated heterocycles. The van der Waals surface area contributed by atoms with E-state index in [9.17, 15) is 15.3 Å². The molecule has 0 aromatic heterocycles. The van der Waals surface area contributed by atoms with Gasteiger partial charge in [0.1, 0.15) is 12.2 Å². The van der Waals surface area contributed by atoms with Crippen molar-refractivity contribution in [3.8, 4) is 0 Å². The third kappa shape index (κ3) is 1.34. The monoisotopic (exact) mass is 178 g/mol. The molecule has 0 aromatic rings. The second kappa shape index (κ2) is 3.68. The second-order valence-electron chi connectivity index (χ2n) is 3.02. The van der Waals surface area contributed by atoms with E-state index < -0.39 is 30.3 Å². The van der Waals surface area contributed by atoms with E-state index >= 15 is 0 Å². The van der Waals surface area contributed by atoms with Gasteiger partial charge >= 0.3 is 0 Å². The molecular formula is C7H14O5. The van der Waals surface area contributed by atoms with Crippen LogP contribution >= 0.6 is 0 Å². The first-order valence-corrected chi connectivity index (χ1v) is 3.81. The summed E-state index contributed by atoms with van der Waals surface area (Å²) in [5.41, 5.74) is 0. The molecule has 0 heterocycles. The maximum Gasteiger partial charge on any atom is 0.112 e. The lowest BCUT2D eigenvalue weighted by Gasteiger charge is -2.16. The summed E-state index contributed by atoms with van der Waals surface area (Å²) in [6, 6.07) is 0. The number of hydrogen-bond donors (Lipinski definition) is 4. The van der Waals surface area contributed by atoms with E-state index in [0.29, 0.717) is 0 Å². The van der Waals surface area contributed by atoms with Crippen molar-refractivity contribution in [3.05, 3.63) is 0 Å². The largest absolute Gasteiger partial charge is 0.396 e. The summed E-state index contributed by atoms with van der Waals surface area (Å²) in [5.74, 6) is -0.718. The van der Waals surface area contributed by atoms with Gasteiger partial charge in [0.2, 0.25) is 0 Å². The Morgan fingerprint density at radius 1 is 1.08 bits per heavy atom. The number of aliphatic hydroxyl groups is 4. The van der Waals surface area contributed by atoms with E-state index in [-0.39, 0.29) is 6.61 Å². The minimum absolute atomic E-state index is 0.362. The molecule has 0 radical (unpaired) electrons. The van der Waals surface area contributed by atoms with Gasteiger partial charge in [-0.05, 0) is 0 Å². The Morgan fingerprint density at radius 3 is 1.92 bits per heavy atom. The molecule has 5 unspecified atom stereocenters. The zero-order chi connectivity index (χ0) is 9.30. The highest BCUT2D eigenvalue weighted by atomic mass is 16.5. The number of rotatable bonds is 2. The molecule has 72 valence electrons. The Morgan fingerprint density at radius 2 is 1.67 bits per heavy atom. The topological polar surface area (TPSA) is 90.2 Å². The molecule has 5 atom stereocenters. The molecule has 5 nitrogen and oxygen atoms in total. The summed E-state index contributed by atoms with van der Waals surface area (Å²) in [6.45, 7) is -0.362. The van der Waals surface area contributed by atoms with Crippen LogP contribution in [0.15, 0.2) is 0 Å². The first-order chi connectivity index (χ1) is 5.63. The van der Waals surface area contributed by atoms with Gasteiger partial charge in [-0.2, -0.15) is 0 Å². The van der Waals surface area contributed by atoms with Crippen LogP contribution in [-0.4, -0.2) is 58.6 Å². The first-order valence-electron chi connectivity index (χ1n) is 3.81. The molecular weight excluding hydrogens is 164 g/mol. The smallest absolute Gasteiger partial charge is 0.112 e. The molecule has 1 aliphatic rings. The van der Waals surface area contributed by atoms with E-state index in [1.165, 1.54) is 7.11 Å². The molecule has 0 amide bonds. The third-order valence-electron chi connectivity index (χ3n) is 2.38. The molecule has 0 aromatic carbocycles. The summed E-state index contributed by atoms with van der Waals surface area (Å²) in [5, 5.41) is 36.7. The predicted octanol–water partition coefficient (Wildman–Crippen LogP) is -2.29. The summed E-state index contributed by atoms with van der Waals surface area (Å²) in [6.07, 6.45) is -4.06. The van der Waals surface area contributed by atoms with Gasteiger partial charge in [-0.25, -0.2) is 0 Å². The Kier molecular flexibility index (Phi) is 3.03. The van der Waals surface area contributed by atoms with Crippen molar-refractivity contribution in [1.29, 1.82) is 0 Å². The van der Waals surface area contributed by atoms with Crippen LogP contribution < -0.4 is 0 Å². The molecule has 12 heavy (non-hydrogen) atoms. The van der Waals surface area contributed by atoms with E-state index in [1.807, 2.05) is 0 Å². The fraction of sp³-hybridized carbons (Fsp3) is 1.00. The van der Waals surface area contributed by atoms with Crippen LogP contribution in [0.2, 0.25) is 0 Å². The van der Waals surface area contributed by atoms with Crippen LogP contribution in [0.5, 0.6) is 0 Å². The lowest BCUT2D eigenvalue weighted by molar-refractivity contribution is -0.0637. The summed E-state index contributed by atoms with van der Waals surface area (Å²) in [4.78, 5) is 0. The lowest BCUT2D eigenvalue weighted by atomic mass is 10.1. The first kappa shape index (κ1) is 9.88. The van der Waals surface area contributed by atoms with Gasteiger partial charge in [0.25, 0.3) is 0 Å². The van der Waals surface area contributed by atoms with Crippen molar-refractivity contribution in [1.82, 2.24) is 0 Å². The summed E-state index contributed by atoms with van der Waals surface area (Å²) < 4.78 is 4.77. The van der Waals surface area contributed by atoms with Gasteiger partial charge < -0.3 is 25.2 Å². The van der Waals surface area contributed by atoms with Crippen LogP contribution in [0.3, 0.4) is 0 Å². The summed E-state index contributed by atoms with van der Waals surface area (Å²) in [7, 11) is 1.34. The number of hydrogen-bond acceptors (Lipinski definition) is 5. The van der Waals surface area contributed by atoms with E-state index in [1.54, 1.807) is 0 Å². The molecule has 1 fully saturated rings. The van der Waals surface area contributed by atoms with Crippen LogP contribution in [0.4, 0.5) is 0 Å². The van der Waals surface area contributed by atoms with Crippen LogP contribution in [-0.2, 0) is 4.74 Å². The Balaban J connectivity index is 2.71. The number of ether oxygens (including phenoxy) is 1. The van der Waals surface area contributed by atoms with Gasteiger partial charge in [0.15, 0.2) is 0 Å². The van der Waals surface area contributed by atoms with Gasteiger partial charge in [-0.1, -0.05) is 0 Å². The van der Waals surface area contributed by atoms with Gasteiger partial charge in [0.05, 0.1) is 18.8 Å². The van der Waals surface area contributed by atoms with Crippen molar-refractivity contribution in [2.45, 2.75) is 24.4 Å². The predicted molar refractivity (Wildman–Crippen MR) is 39.4 cm³/mol. The molecule has 1 rings (SSSR count). The van der Waals surface area contributed by atoms with Crippen LogP contribution in [0.1, 0.15) is 0 Å². The van der Waals surface area contributed by atoms with E-state index in [4.69, 9.17) is 9.84 Å². The standard InChI is InChI=1S/C7H14O5/c1-12-7-5(10)3(2-8)4(9)6(7)11/h3-11H,2H2,1H3. The molecule has 0 bridgehead atoms. The molecule has 5 heteroatoms. The third-order valence-corrected chi connectivity index (χ3v) is 2.38. The van der Waals surface area contributed by atoms with Crippen LogP contribution in [0.25, 0.3) is 0 Å². The zero-order valence-corrected chi connectivity index (χ0v) is 6.79. The van der Waals surface area contributed by atoms with E-state index in [0.717, 1.165) is 0 Å². The van der Waals surface area contributed by atoms with Crippen molar-refractivity contribution in [2.75, 3.05) is 13.7 Å². The van der Waals surface area contributed by atoms with Crippen molar-refractivity contribution in [3.63, 3.8) is 0 Å². The number of methoxy groups -OCH3 is 1. The van der Waals surface area contributed by atoms with Crippen molar-refractivity contribution < 1.29 is 25.2 Å². The Labute approximate surface area is 70.2 Å². The molecule has 0 aliphatic heterocycles. The van der Waals surface area contributed by atoms with Crippen LogP contribution in [0, 0.1) is 5.92 Å². The highest BCUT2D eigenvalue weighted by molar-refractivity contribution is 4.98. The molecule has 1 aliphatic carbocycles. The average Bonchev–Trinajstić information content (AvgIpc) is 2.25. The molecule has 4 N–H and O–H groups in total. The van der Waals surface area contributed by atoms with Crippen molar-refractivity contribution >= 4 is 0 Å². The van der Waals surface area contributed by atoms with Gasteiger partial charge in [0, 0.05) is 13.0 Å². The second-order valence-corrected chi connectivity index (χ2v) is 3.02. The zero-order valence-electron chi connectivity index (χ0n) is 6.79. The minimum atomic E-state index is -1.12. The SMILES string of the molecule is COC1C(O)C(O)C(CO)C1O.